The van der Waals surface area contributed by atoms with Crippen molar-refractivity contribution in [2.75, 3.05) is 7.11 Å². The topological polar surface area (TPSA) is 41.8 Å². The molecule has 1 N–H and O–H groups in total. The Morgan fingerprint density at radius 3 is 2.50 bits per heavy atom. The highest BCUT2D eigenvalue weighted by molar-refractivity contribution is 6.03. The number of ether oxygens (including phenoxy) is 1. The number of methoxy groups -OCH3 is 1. The molecule has 0 heterocycles. The van der Waals surface area contributed by atoms with Crippen molar-refractivity contribution in [1.82, 2.24) is 0 Å². The second kappa shape index (κ2) is 6.24. The predicted molar refractivity (Wildman–Crippen MR) is 73.3 cm³/mol. The van der Waals surface area contributed by atoms with Crippen LogP contribution in [-0.2, 0) is 0 Å². The first-order chi connectivity index (χ1) is 8.83. The average Bonchev–Trinajstić information content (AvgIpc) is 2.64. The van der Waals surface area contributed by atoms with E-state index in [0.29, 0.717) is 0 Å². The molecule has 1 fully saturated rings. The van der Waals surface area contributed by atoms with Crippen LogP contribution < -0.4 is 4.74 Å². The number of oxime groups is 1. The van der Waals surface area contributed by atoms with Crippen LogP contribution in [0.5, 0.6) is 5.75 Å². The number of rotatable bonds is 2. The summed E-state index contributed by atoms with van der Waals surface area (Å²) in [6.45, 7) is 0. The Labute approximate surface area is 108 Å². The summed E-state index contributed by atoms with van der Waals surface area (Å²) in [6, 6.07) is 7.93. The fourth-order valence-corrected chi connectivity index (χ4v) is 2.26. The lowest BCUT2D eigenvalue weighted by Crippen LogP contribution is -2.00. The summed E-state index contributed by atoms with van der Waals surface area (Å²) in [6.07, 6.45) is 7.46. The van der Waals surface area contributed by atoms with Gasteiger partial charge in [0.1, 0.15) is 5.75 Å². The van der Waals surface area contributed by atoms with Crippen LogP contribution in [0.25, 0.3) is 6.08 Å². The standard InChI is InChI=1S/C15H19NO2/c1-18-14-9-7-12(8-10-14)11-13-5-3-2-4-6-15(13)16-17/h7-11,17H,2-6H2,1H3/b13-11-,16-15+. The third-order valence-corrected chi connectivity index (χ3v) is 3.31. The first kappa shape index (κ1) is 12.7. The van der Waals surface area contributed by atoms with Crippen LogP contribution in [0.1, 0.15) is 37.7 Å². The molecular formula is C15H19NO2. The average molecular weight is 245 g/mol. The van der Waals surface area contributed by atoms with Gasteiger partial charge in [0, 0.05) is 0 Å². The van der Waals surface area contributed by atoms with Crippen molar-refractivity contribution in [1.29, 1.82) is 0 Å². The molecule has 1 aliphatic carbocycles. The van der Waals surface area contributed by atoms with Crippen LogP contribution in [-0.4, -0.2) is 18.0 Å². The molecule has 1 saturated carbocycles. The maximum Gasteiger partial charge on any atom is 0.118 e. The minimum atomic E-state index is 0.836. The van der Waals surface area contributed by atoms with Gasteiger partial charge in [-0.1, -0.05) is 23.7 Å². The third-order valence-electron chi connectivity index (χ3n) is 3.31. The molecule has 0 unspecified atom stereocenters. The second-order valence-corrected chi connectivity index (χ2v) is 4.55. The van der Waals surface area contributed by atoms with Crippen LogP contribution in [0, 0.1) is 0 Å². The van der Waals surface area contributed by atoms with Crippen LogP contribution in [0.4, 0.5) is 0 Å². The summed E-state index contributed by atoms with van der Waals surface area (Å²) in [5.74, 6) is 0.856. The molecule has 18 heavy (non-hydrogen) atoms. The van der Waals surface area contributed by atoms with Gasteiger partial charge in [0.2, 0.25) is 0 Å². The molecule has 0 radical (unpaired) electrons. The van der Waals surface area contributed by atoms with Crippen LogP contribution in [0.2, 0.25) is 0 Å². The van der Waals surface area contributed by atoms with Gasteiger partial charge in [-0.15, -0.1) is 0 Å². The van der Waals surface area contributed by atoms with Crippen LogP contribution >= 0.6 is 0 Å². The molecule has 2 rings (SSSR count). The molecule has 96 valence electrons. The highest BCUT2D eigenvalue weighted by atomic mass is 16.5. The van der Waals surface area contributed by atoms with Gasteiger partial charge < -0.3 is 9.94 Å². The molecule has 1 aromatic rings. The van der Waals surface area contributed by atoms with Gasteiger partial charge >= 0.3 is 0 Å². The van der Waals surface area contributed by atoms with E-state index in [1.54, 1.807) is 7.11 Å². The Balaban J connectivity index is 2.23. The summed E-state index contributed by atoms with van der Waals surface area (Å²) in [7, 11) is 1.66. The zero-order valence-corrected chi connectivity index (χ0v) is 10.7. The SMILES string of the molecule is COc1ccc(/C=C2/CCCCC/C2=N\O)cc1. The van der Waals surface area contributed by atoms with Gasteiger partial charge in [-0.25, -0.2) is 0 Å². The first-order valence-electron chi connectivity index (χ1n) is 6.39. The Morgan fingerprint density at radius 2 is 1.83 bits per heavy atom. The summed E-state index contributed by atoms with van der Waals surface area (Å²) in [5.41, 5.74) is 3.11. The van der Waals surface area contributed by atoms with Gasteiger partial charge in [0.05, 0.1) is 12.8 Å². The number of hydrogen-bond donors (Lipinski definition) is 1. The molecule has 0 saturated heterocycles. The monoisotopic (exact) mass is 245 g/mol. The van der Waals surface area contributed by atoms with Gasteiger partial charge in [0.25, 0.3) is 0 Å². The van der Waals surface area contributed by atoms with Crippen molar-refractivity contribution in [3.8, 4) is 5.75 Å². The Kier molecular flexibility index (Phi) is 4.40. The van der Waals surface area contributed by atoms with E-state index in [1.807, 2.05) is 24.3 Å². The maximum absolute atomic E-state index is 9.07. The predicted octanol–water partition coefficient (Wildman–Crippen LogP) is 3.87. The first-order valence-corrected chi connectivity index (χ1v) is 6.39. The molecule has 0 aromatic heterocycles. The van der Waals surface area contributed by atoms with Crippen LogP contribution in [0.15, 0.2) is 35.0 Å². The summed E-state index contributed by atoms with van der Waals surface area (Å²) >= 11 is 0. The number of nitrogens with zero attached hydrogens (tertiary/aromatic N) is 1. The summed E-state index contributed by atoms with van der Waals surface area (Å²) in [5, 5.41) is 12.5. The Hall–Kier alpha value is -1.77. The van der Waals surface area contributed by atoms with E-state index >= 15 is 0 Å². The zero-order chi connectivity index (χ0) is 12.8. The maximum atomic E-state index is 9.07. The van der Waals surface area contributed by atoms with E-state index in [4.69, 9.17) is 9.94 Å². The number of allylic oxidation sites excluding steroid dienone is 1. The Bertz CT molecular complexity index is 446. The largest absolute Gasteiger partial charge is 0.497 e. The van der Waals surface area contributed by atoms with Crippen molar-refractivity contribution in [2.45, 2.75) is 32.1 Å². The molecule has 3 heteroatoms. The quantitative estimate of drug-likeness (QED) is 0.488. The lowest BCUT2D eigenvalue weighted by molar-refractivity contribution is 0.318. The van der Waals surface area contributed by atoms with Crippen molar-refractivity contribution in [2.24, 2.45) is 5.16 Å². The molecule has 0 atom stereocenters. The van der Waals surface area contributed by atoms with E-state index in [9.17, 15) is 0 Å². The molecule has 3 nitrogen and oxygen atoms in total. The second-order valence-electron chi connectivity index (χ2n) is 4.55. The fourth-order valence-electron chi connectivity index (χ4n) is 2.26. The normalized spacial score (nSPS) is 20.9. The smallest absolute Gasteiger partial charge is 0.118 e. The van der Waals surface area contributed by atoms with Gasteiger partial charge in [0.15, 0.2) is 0 Å². The zero-order valence-electron chi connectivity index (χ0n) is 10.7. The Morgan fingerprint density at radius 1 is 1.11 bits per heavy atom. The molecule has 1 aromatic carbocycles. The fraction of sp³-hybridized carbons (Fsp3) is 0.400. The van der Waals surface area contributed by atoms with E-state index in [0.717, 1.165) is 41.9 Å². The van der Waals surface area contributed by atoms with Crippen molar-refractivity contribution >= 4 is 11.8 Å². The molecule has 1 aliphatic rings. The molecule has 0 spiro atoms. The van der Waals surface area contributed by atoms with E-state index in [1.165, 1.54) is 12.8 Å². The van der Waals surface area contributed by atoms with Crippen molar-refractivity contribution < 1.29 is 9.94 Å². The van der Waals surface area contributed by atoms with E-state index in [2.05, 4.69) is 11.2 Å². The van der Waals surface area contributed by atoms with Crippen molar-refractivity contribution in [3.63, 3.8) is 0 Å². The molecule has 0 aliphatic heterocycles. The third kappa shape index (κ3) is 3.13. The molecule has 0 bridgehead atoms. The number of benzene rings is 1. The van der Waals surface area contributed by atoms with E-state index in [-0.39, 0.29) is 0 Å². The molecule has 0 amide bonds. The lowest BCUT2D eigenvalue weighted by atomic mass is 10.0. The van der Waals surface area contributed by atoms with Gasteiger partial charge in [-0.3, -0.25) is 0 Å². The van der Waals surface area contributed by atoms with E-state index < -0.39 is 0 Å². The van der Waals surface area contributed by atoms with Crippen LogP contribution in [0.3, 0.4) is 0 Å². The van der Waals surface area contributed by atoms with Gasteiger partial charge in [-0.05, 0) is 55.0 Å². The summed E-state index contributed by atoms with van der Waals surface area (Å²) < 4.78 is 5.14. The molecular weight excluding hydrogens is 226 g/mol. The lowest BCUT2D eigenvalue weighted by Gasteiger charge is -2.05. The van der Waals surface area contributed by atoms with Crippen molar-refractivity contribution in [3.05, 3.63) is 35.4 Å². The number of hydrogen-bond acceptors (Lipinski definition) is 3. The highest BCUT2D eigenvalue weighted by Gasteiger charge is 2.12. The summed E-state index contributed by atoms with van der Waals surface area (Å²) in [4.78, 5) is 0. The minimum absolute atomic E-state index is 0.836. The highest BCUT2D eigenvalue weighted by Crippen LogP contribution is 2.23. The van der Waals surface area contributed by atoms with Gasteiger partial charge in [-0.2, -0.15) is 0 Å². The minimum Gasteiger partial charge on any atom is -0.497 e.